The van der Waals surface area contributed by atoms with Gasteiger partial charge in [-0.25, -0.2) is 9.97 Å². The van der Waals surface area contributed by atoms with Gasteiger partial charge in [0.25, 0.3) is 0 Å². The zero-order valence-corrected chi connectivity index (χ0v) is 14.9. The van der Waals surface area contributed by atoms with Gasteiger partial charge in [-0.05, 0) is 49.3 Å². The molecule has 3 rings (SSSR count). The van der Waals surface area contributed by atoms with Gasteiger partial charge in [0.1, 0.15) is 0 Å². The van der Waals surface area contributed by atoms with Crippen molar-refractivity contribution in [3.8, 4) is 0 Å². The first-order valence-corrected chi connectivity index (χ1v) is 8.79. The number of nitrogens with zero attached hydrogens (tertiary/aromatic N) is 2. The Balaban J connectivity index is 1.64. The Kier molecular flexibility index (Phi) is 6.70. The van der Waals surface area contributed by atoms with Gasteiger partial charge in [0.2, 0.25) is 5.95 Å². The second kappa shape index (κ2) is 9.65. The Morgan fingerprint density at radius 2 is 1.77 bits per heavy atom. The van der Waals surface area contributed by atoms with Crippen molar-refractivity contribution in [2.24, 2.45) is 0 Å². The highest BCUT2D eigenvalue weighted by atomic mass is 16.5. The first-order valence-electron chi connectivity index (χ1n) is 8.79. The molecule has 0 aliphatic heterocycles. The van der Waals surface area contributed by atoms with Crippen LogP contribution in [-0.2, 0) is 11.3 Å². The summed E-state index contributed by atoms with van der Waals surface area (Å²) in [5, 5.41) is 6.41. The lowest BCUT2D eigenvalue weighted by Gasteiger charge is -2.19. The lowest BCUT2D eigenvalue weighted by atomic mass is 10.1. The molecule has 0 spiro atoms. The van der Waals surface area contributed by atoms with Gasteiger partial charge in [0.15, 0.2) is 0 Å². The van der Waals surface area contributed by atoms with Crippen LogP contribution < -0.4 is 10.6 Å². The summed E-state index contributed by atoms with van der Waals surface area (Å²) in [6, 6.07) is 20.3. The normalized spacial score (nSPS) is 11.9. The van der Waals surface area contributed by atoms with E-state index >= 15 is 0 Å². The molecule has 0 amide bonds. The molecule has 0 bridgehead atoms. The maximum absolute atomic E-state index is 6.22. The minimum absolute atomic E-state index is 0.0673. The van der Waals surface area contributed by atoms with E-state index in [4.69, 9.17) is 4.74 Å². The van der Waals surface area contributed by atoms with Crippen molar-refractivity contribution in [2.45, 2.75) is 19.1 Å². The standard InChI is InChI=1S/C21H24N4O/c1-22-14-11-20(18-8-3-2-4-9-18)26-16-17-7-5-10-19(15-17)25-21-23-12-6-13-24-21/h2-10,12-13,15,20,22H,11,14,16H2,1H3,(H,23,24,25). The van der Waals surface area contributed by atoms with Crippen molar-refractivity contribution in [3.05, 3.63) is 84.2 Å². The van der Waals surface area contributed by atoms with Gasteiger partial charge in [-0.15, -0.1) is 0 Å². The SMILES string of the molecule is CNCCC(OCc1cccc(Nc2ncccn2)c1)c1ccccc1. The molecule has 1 heterocycles. The van der Waals surface area contributed by atoms with E-state index in [1.807, 2.05) is 25.2 Å². The van der Waals surface area contributed by atoms with Crippen LogP contribution >= 0.6 is 0 Å². The summed E-state index contributed by atoms with van der Waals surface area (Å²) in [7, 11) is 1.96. The third kappa shape index (κ3) is 5.37. The summed E-state index contributed by atoms with van der Waals surface area (Å²) in [5.41, 5.74) is 3.26. The highest BCUT2D eigenvalue weighted by Crippen LogP contribution is 2.23. The number of nitrogens with one attached hydrogen (secondary N) is 2. The summed E-state index contributed by atoms with van der Waals surface area (Å²) >= 11 is 0. The molecule has 0 radical (unpaired) electrons. The van der Waals surface area contributed by atoms with Crippen LogP contribution in [0.4, 0.5) is 11.6 Å². The van der Waals surface area contributed by atoms with Crippen LogP contribution in [0.25, 0.3) is 0 Å². The average Bonchev–Trinajstić information content (AvgIpc) is 2.70. The van der Waals surface area contributed by atoms with Gasteiger partial charge in [-0.2, -0.15) is 0 Å². The maximum atomic E-state index is 6.22. The van der Waals surface area contributed by atoms with E-state index < -0.39 is 0 Å². The fourth-order valence-corrected chi connectivity index (χ4v) is 2.72. The molecule has 5 heteroatoms. The van der Waals surface area contributed by atoms with Gasteiger partial charge in [-0.1, -0.05) is 42.5 Å². The third-order valence-corrected chi connectivity index (χ3v) is 4.03. The quantitative estimate of drug-likeness (QED) is 0.610. The summed E-state index contributed by atoms with van der Waals surface area (Å²) in [4.78, 5) is 8.38. The van der Waals surface area contributed by atoms with Crippen LogP contribution in [-0.4, -0.2) is 23.6 Å². The first kappa shape index (κ1) is 18.0. The Labute approximate surface area is 154 Å². The molecular weight excluding hydrogens is 324 g/mol. The van der Waals surface area contributed by atoms with Crippen LogP contribution in [0.15, 0.2) is 73.1 Å². The van der Waals surface area contributed by atoms with Crippen molar-refractivity contribution < 1.29 is 4.74 Å². The summed E-state index contributed by atoms with van der Waals surface area (Å²) in [6.45, 7) is 1.46. The molecule has 0 fully saturated rings. The number of benzene rings is 2. The molecule has 5 nitrogen and oxygen atoms in total. The number of rotatable bonds is 9. The number of ether oxygens (including phenoxy) is 1. The fourth-order valence-electron chi connectivity index (χ4n) is 2.72. The topological polar surface area (TPSA) is 59.1 Å². The van der Waals surface area contributed by atoms with E-state index in [1.54, 1.807) is 18.5 Å². The molecule has 2 N–H and O–H groups in total. The molecule has 0 aliphatic rings. The zero-order valence-electron chi connectivity index (χ0n) is 14.9. The van der Waals surface area contributed by atoms with E-state index in [1.165, 1.54) is 5.56 Å². The minimum Gasteiger partial charge on any atom is -0.369 e. The van der Waals surface area contributed by atoms with Gasteiger partial charge in [-0.3, -0.25) is 0 Å². The van der Waals surface area contributed by atoms with Crippen LogP contribution in [0, 0.1) is 0 Å². The molecule has 2 aromatic carbocycles. The molecule has 3 aromatic rings. The van der Waals surface area contributed by atoms with Crippen molar-refractivity contribution in [2.75, 3.05) is 18.9 Å². The molecule has 134 valence electrons. The predicted octanol–water partition coefficient (Wildman–Crippen LogP) is 4.09. The Morgan fingerprint density at radius 3 is 2.54 bits per heavy atom. The van der Waals surface area contributed by atoms with Gasteiger partial charge in [0.05, 0.1) is 12.7 Å². The highest BCUT2D eigenvalue weighted by Gasteiger charge is 2.11. The zero-order chi connectivity index (χ0) is 18.0. The second-order valence-electron chi connectivity index (χ2n) is 6.00. The molecular formula is C21H24N4O. The van der Waals surface area contributed by atoms with Crippen LogP contribution in [0.1, 0.15) is 23.7 Å². The lowest BCUT2D eigenvalue weighted by Crippen LogP contribution is -2.14. The van der Waals surface area contributed by atoms with E-state index in [9.17, 15) is 0 Å². The van der Waals surface area contributed by atoms with Crippen LogP contribution in [0.3, 0.4) is 0 Å². The van der Waals surface area contributed by atoms with Crippen LogP contribution in [0.5, 0.6) is 0 Å². The Morgan fingerprint density at radius 1 is 0.962 bits per heavy atom. The monoisotopic (exact) mass is 348 g/mol. The van der Waals surface area contributed by atoms with E-state index in [2.05, 4.69) is 57.0 Å². The molecule has 1 atom stereocenters. The molecule has 0 aliphatic carbocycles. The molecule has 26 heavy (non-hydrogen) atoms. The van der Waals surface area contributed by atoms with Crippen molar-refractivity contribution in [1.82, 2.24) is 15.3 Å². The molecule has 0 saturated carbocycles. The lowest BCUT2D eigenvalue weighted by molar-refractivity contribution is 0.0344. The summed E-state index contributed by atoms with van der Waals surface area (Å²) in [6.07, 6.45) is 4.43. The molecule has 1 aromatic heterocycles. The maximum Gasteiger partial charge on any atom is 0.227 e. The van der Waals surface area contributed by atoms with Crippen molar-refractivity contribution >= 4 is 11.6 Å². The van der Waals surface area contributed by atoms with Crippen molar-refractivity contribution in [1.29, 1.82) is 0 Å². The Hall–Kier alpha value is -2.76. The Bertz CT molecular complexity index is 780. The van der Waals surface area contributed by atoms with Gasteiger partial charge >= 0.3 is 0 Å². The number of hydrogen-bond donors (Lipinski definition) is 2. The number of aromatic nitrogens is 2. The molecule has 0 saturated heterocycles. The summed E-state index contributed by atoms with van der Waals surface area (Å²) in [5.74, 6) is 0.585. The smallest absolute Gasteiger partial charge is 0.227 e. The van der Waals surface area contributed by atoms with E-state index in [-0.39, 0.29) is 6.10 Å². The van der Waals surface area contributed by atoms with E-state index in [0.717, 1.165) is 24.2 Å². The molecule has 1 unspecified atom stereocenters. The van der Waals surface area contributed by atoms with Gasteiger partial charge in [0, 0.05) is 18.1 Å². The average molecular weight is 348 g/mol. The van der Waals surface area contributed by atoms with E-state index in [0.29, 0.717) is 12.6 Å². The summed E-state index contributed by atoms with van der Waals surface area (Å²) < 4.78 is 6.22. The second-order valence-corrected chi connectivity index (χ2v) is 6.00. The van der Waals surface area contributed by atoms with Crippen LogP contribution in [0.2, 0.25) is 0 Å². The van der Waals surface area contributed by atoms with Gasteiger partial charge < -0.3 is 15.4 Å². The fraction of sp³-hybridized carbons (Fsp3) is 0.238. The third-order valence-electron chi connectivity index (χ3n) is 4.03. The largest absolute Gasteiger partial charge is 0.369 e. The number of anilines is 2. The minimum atomic E-state index is 0.0673. The predicted molar refractivity (Wildman–Crippen MR) is 104 cm³/mol. The highest BCUT2D eigenvalue weighted by molar-refractivity contribution is 5.53. The number of hydrogen-bond acceptors (Lipinski definition) is 5. The van der Waals surface area contributed by atoms with Crippen molar-refractivity contribution in [3.63, 3.8) is 0 Å². The first-order chi connectivity index (χ1) is 12.8.